The van der Waals surface area contributed by atoms with Crippen molar-refractivity contribution in [2.45, 2.75) is 156 Å². The van der Waals surface area contributed by atoms with Gasteiger partial charge in [0.25, 0.3) is 0 Å². The van der Waals surface area contributed by atoms with Crippen LogP contribution in [-0.4, -0.2) is 19.9 Å². The minimum absolute atomic E-state index is 0.894. The monoisotopic (exact) mass is 494 g/mol. The van der Waals surface area contributed by atoms with Crippen molar-refractivity contribution in [2.24, 2.45) is 0 Å². The van der Waals surface area contributed by atoms with E-state index in [0.717, 1.165) is 48.5 Å². The quantitative estimate of drug-likeness (QED) is 0.162. The smallest absolute Gasteiger partial charge is 0.163 e. The van der Waals surface area contributed by atoms with Crippen molar-refractivity contribution >= 4 is 0 Å². The summed E-state index contributed by atoms with van der Waals surface area (Å²) in [5, 5.41) is 0. The van der Waals surface area contributed by atoms with Gasteiger partial charge in [-0.3, -0.25) is 0 Å². The summed E-state index contributed by atoms with van der Waals surface area (Å²) in [6.07, 6.45) is 25.9. The summed E-state index contributed by atoms with van der Waals surface area (Å²) in [7, 11) is 0. The maximum Gasteiger partial charge on any atom is 0.163 e. The van der Waals surface area contributed by atoms with Gasteiger partial charge in [-0.25, -0.2) is 19.9 Å². The summed E-state index contributed by atoms with van der Waals surface area (Å²) in [6, 6.07) is 2.28. The Morgan fingerprint density at radius 2 is 0.861 bits per heavy atom. The first-order valence-corrected chi connectivity index (χ1v) is 15.4. The summed E-state index contributed by atoms with van der Waals surface area (Å²) in [5.74, 6) is 0.894. The van der Waals surface area contributed by atoms with Crippen molar-refractivity contribution < 1.29 is 0 Å². The zero-order valence-electron chi connectivity index (χ0n) is 24.1. The fraction of sp³-hybridized carbons (Fsp3) is 0.750. The van der Waals surface area contributed by atoms with Gasteiger partial charge in [-0.2, -0.15) is 0 Å². The van der Waals surface area contributed by atoms with Crippen LogP contribution in [0.5, 0.6) is 0 Å². The highest BCUT2D eigenvalue weighted by Crippen LogP contribution is 2.27. The number of aromatic nitrogens is 4. The van der Waals surface area contributed by atoms with Crippen molar-refractivity contribution in [3.63, 3.8) is 0 Å². The fourth-order valence-electron chi connectivity index (χ4n) is 4.93. The van der Waals surface area contributed by atoms with Crippen LogP contribution in [-0.2, 0) is 25.7 Å². The van der Waals surface area contributed by atoms with E-state index in [2.05, 4.69) is 33.8 Å². The predicted molar refractivity (Wildman–Crippen MR) is 154 cm³/mol. The molecule has 0 atom stereocenters. The summed E-state index contributed by atoms with van der Waals surface area (Å²) >= 11 is 0. The molecule has 0 saturated carbocycles. The van der Waals surface area contributed by atoms with Crippen LogP contribution in [0.2, 0.25) is 0 Å². The lowest BCUT2D eigenvalue weighted by Gasteiger charge is -2.15. The Hall–Kier alpha value is -1.84. The SMILES string of the molecule is CCCCCCc1cc(CCCCCC)nc(-c2c(CCCCCC)ncnc2CCCCCC)n1. The molecule has 0 bridgehead atoms. The van der Waals surface area contributed by atoms with Crippen molar-refractivity contribution in [1.29, 1.82) is 0 Å². The van der Waals surface area contributed by atoms with Crippen molar-refractivity contribution in [3.05, 3.63) is 35.2 Å². The second-order valence-electron chi connectivity index (χ2n) is 10.6. The molecule has 36 heavy (non-hydrogen) atoms. The lowest BCUT2D eigenvalue weighted by Crippen LogP contribution is -2.08. The fourth-order valence-corrected chi connectivity index (χ4v) is 4.93. The Morgan fingerprint density at radius 3 is 1.25 bits per heavy atom. The lowest BCUT2D eigenvalue weighted by atomic mass is 10.00. The van der Waals surface area contributed by atoms with E-state index < -0.39 is 0 Å². The zero-order valence-corrected chi connectivity index (χ0v) is 24.1. The molecule has 2 aromatic rings. The maximum absolute atomic E-state index is 5.16. The molecule has 202 valence electrons. The number of rotatable bonds is 21. The third-order valence-electron chi connectivity index (χ3n) is 7.17. The molecule has 0 N–H and O–H groups in total. The third-order valence-corrected chi connectivity index (χ3v) is 7.17. The number of hydrogen-bond acceptors (Lipinski definition) is 4. The second-order valence-corrected chi connectivity index (χ2v) is 10.6. The van der Waals surface area contributed by atoms with Gasteiger partial charge in [-0.1, -0.05) is 105 Å². The van der Waals surface area contributed by atoms with E-state index >= 15 is 0 Å². The molecule has 0 saturated heterocycles. The van der Waals surface area contributed by atoms with Gasteiger partial charge < -0.3 is 0 Å². The Kier molecular flexibility index (Phi) is 16.3. The Morgan fingerprint density at radius 1 is 0.472 bits per heavy atom. The van der Waals surface area contributed by atoms with Crippen molar-refractivity contribution in [1.82, 2.24) is 19.9 Å². The molecular weight excluding hydrogens is 440 g/mol. The normalized spacial score (nSPS) is 11.3. The Balaban J connectivity index is 2.38. The number of aryl methyl sites for hydroxylation is 4. The van der Waals surface area contributed by atoms with Crippen molar-refractivity contribution in [2.75, 3.05) is 0 Å². The highest BCUT2D eigenvalue weighted by atomic mass is 14.9. The molecule has 0 aromatic carbocycles. The molecule has 2 heterocycles. The summed E-state index contributed by atoms with van der Waals surface area (Å²) in [5.41, 5.74) is 5.88. The van der Waals surface area contributed by atoms with Gasteiger partial charge >= 0.3 is 0 Å². The number of nitrogens with zero attached hydrogens (tertiary/aromatic N) is 4. The van der Waals surface area contributed by atoms with Gasteiger partial charge in [0.1, 0.15) is 6.33 Å². The van der Waals surface area contributed by atoms with E-state index in [9.17, 15) is 0 Å². The Labute approximate surface area is 222 Å². The van der Waals surface area contributed by atoms with Crippen LogP contribution in [0, 0.1) is 0 Å². The van der Waals surface area contributed by atoms with Gasteiger partial charge in [0.05, 0.1) is 17.0 Å². The second kappa shape index (κ2) is 19.3. The third kappa shape index (κ3) is 11.5. The van der Waals surface area contributed by atoms with E-state index in [1.165, 1.54) is 114 Å². The molecular formula is C32H54N4. The van der Waals surface area contributed by atoms with Gasteiger partial charge in [0.15, 0.2) is 5.82 Å². The van der Waals surface area contributed by atoms with E-state index in [0.29, 0.717) is 0 Å². The van der Waals surface area contributed by atoms with Gasteiger partial charge in [-0.05, 0) is 57.4 Å². The maximum atomic E-state index is 5.16. The molecule has 2 aromatic heterocycles. The summed E-state index contributed by atoms with van der Waals surface area (Å²) in [6.45, 7) is 9.09. The van der Waals surface area contributed by atoms with E-state index in [1.807, 2.05) is 0 Å². The highest BCUT2D eigenvalue weighted by molar-refractivity contribution is 5.61. The van der Waals surface area contributed by atoms with Crippen molar-refractivity contribution in [3.8, 4) is 11.4 Å². The largest absolute Gasteiger partial charge is 0.241 e. The van der Waals surface area contributed by atoms with Gasteiger partial charge in [0.2, 0.25) is 0 Å². The molecule has 0 aliphatic heterocycles. The molecule has 4 heteroatoms. The average molecular weight is 495 g/mol. The molecule has 2 rings (SSSR count). The highest BCUT2D eigenvalue weighted by Gasteiger charge is 2.18. The zero-order chi connectivity index (χ0) is 25.8. The number of hydrogen-bond donors (Lipinski definition) is 0. The first-order valence-electron chi connectivity index (χ1n) is 15.4. The molecule has 0 aliphatic rings. The minimum atomic E-state index is 0.894. The van der Waals surface area contributed by atoms with Crippen LogP contribution in [0.25, 0.3) is 11.4 Å². The standard InChI is InChI=1S/C32H54N4/c1-5-9-13-17-21-27-25-28(22-18-14-10-6-2)36-32(35-27)31-29(23-19-15-11-7-3)33-26-34-30(31)24-20-16-12-8-4/h25-26H,5-24H2,1-4H3. The molecule has 0 radical (unpaired) electrons. The first-order chi connectivity index (χ1) is 17.7. The van der Waals surface area contributed by atoms with Crippen LogP contribution in [0.4, 0.5) is 0 Å². The average Bonchev–Trinajstić information content (AvgIpc) is 2.89. The minimum Gasteiger partial charge on any atom is -0.241 e. The first kappa shape index (κ1) is 30.4. The van der Waals surface area contributed by atoms with Gasteiger partial charge in [0, 0.05) is 11.4 Å². The van der Waals surface area contributed by atoms with Crippen LogP contribution >= 0.6 is 0 Å². The lowest BCUT2D eigenvalue weighted by molar-refractivity contribution is 0.646. The van der Waals surface area contributed by atoms with E-state index in [-0.39, 0.29) is 0 Å². The summed E-state index contributed by atoms with van der Waals surface area (Å²) < 4.78 is 0. The summed E-state index contributed by atoms with van der Waals surface area (Å²) in [4.78, 5) is 19.9. The topological polar surface area (TPSA) is 51.6 Å². The van der Waals surface area contributed by atoms with Crippen LogP contribution < -0.4 is 0 Å². The van der Waals surface area contributed by atoms with E-state index in [1.54, 1.807) is 6.33 Å². The van der Waals surface area contributed by atoms with Crippen LogP contribution in [0.1, 0.15) is 153 Å². The Bertz CT molecular complexity index is 772. The van der Waals surface area contributed by atoms with Crippen LogP contribution in [0.15, 0.2) is 12.4 Å². The molecule has 0 amide bonds. The number of unbranched alkanes of at least 4 members (excludes halogenated alkanes) is 12. The van der Waals surface area contributed by atoms with E-state index in [4.69, 9.17) is 19.9 Å². The predicted octanol–water partition coefficient (Wildman–Crippen LogP) is 9.42. The molecule has 4 nitrogen and oxygen atoms in total. The molecule has 0 unspecified atom stereocenters. The van der Waals surface area contributed by atoms with Gasteiger partial charge in [-0.15, -0.1) is 0 Å². The van der Waals surface area contributed by atoms with Crippen LogP contribution in [0.3, 0.4) is 0 Å². The molecule has 0 fully saturated rings. The molecule has 0 spiro atoms. The molecule has 0 aliphatic carbocycles.